The van der Waals surface area contributed by atoms with E-state index in [1.165, 1.54) is 21.9 Å². The van der Waals surface area contributed by atoms with Crippen molar-refractivity contribution >= 4 is 96.3 Å². The predicted molar refractivity (Wildman–Crippen MR) is 331 cm³/mol. The molecule has 4 fully saturated rings. The molecule has 4 unspecified atom stereocenters. The van der Waals surface area contributed by atoms with Gasteiger partial charge in [0.05, 0.1) is 43.5 Å². The Morgan fingerprint density at radius 2 is 1.62 bits per heavy atom. The minimum atomic E-state index is -1.02. The lowest BCUT2D eigenvalue weighted by Crippen LogP contribution is -2.57. The van der Waals surface area contributed by atoms with Gasteiger partial charge in [-0.25, -0.2) is 28.3 Å². The first-order valence-corrected chi connectivity index (χ1v) is 31.9. The third-order valence-corrected chi connectivity index (χ3v) is 19.0. The van der Waals surface area contributed by atoms with Crippen LogP contribution in [-0.4, -0.2) is 156 Å². The first kappa shape index (κ1) is 63.2. The molecule has 7 heterocycles. The molecule has 7 atom stereocenters. The van der Waals surface area contributed by atoms with E-state index in [1.54, 1.807) is 38.2 Å². The van der Waals surface area contributed by atoms with Gasteiger partial charge in [-0.2, -0.15) is 9.97 Å². The minimum absolute atomic E-state index is 0.00522. The summed E-state index contributed by atoms with van der Waals surface area (Å²) in [5.41, 5.74) is 3.22. The number of hydrogen-bond acceptors (Lipinski definition) is 16. The Balaban J connectivity index is 0.762. The number of halogens is 3. The van der Waals surface area contributed by atoms with E-state index < -0.39 is 58.9 Å². The maximum absolute atomic E-state index is 17.6. The highest BCUT2D eigenvalue weighted by Crippen LogP contribution is 2.45. The lowest BCUT2D eigenvalue weighted by atomic mass is 9.85. The van der Waals surface area contributed by atoms with Crippen molar-refractivity contribution in [3.8, 4) is 27.6 Å². The monoisotopic (exact) mass is 1260 g/mol. The van der Waals surface area contributed by atoms with Crippen LogP contribution in [0.5, 0.6) is 6.01 Å². The molecule has 20 nitrogen and oxygen atoms in total. The van der Waals surface area contributed by atoms with Crippen molar-refractivity contribution in [3.63, 3.8) is 0 Å². The molecule has 5 amide bonds. The van der Waals surface area contributed by atoms with E-state index >= 15 is 8.78 Å². The molecule has 0 aliphatic carbocycles. The van der Waals surface area contributed by atoms with E-state index in [0.717, 1.165) is 78.2 Å². The number of anilines is 2. The number of nitrogens with one attached hydrogen (secondary N) is 3. The number of carbonyl (C=O) groups is 5. The van der Waals surface area contributed by atoms with Gasteiger partial charge in [-0.3, -0.25) is 24.6 Å². The number of carbonyl (C=O) groups excluding carboxylic acids is 4. The minimum Gasteiger partial charge on any atom is -0.465 e. The number of unbranched alkanes of at least 4 members (excludes halogenated alkanes) is 3. The van der Waals surface area contributed by atoms with Gasteiger partial charge in [0.15, 0.2) is 10.9 Å². The number of aromatic nitrogens is 4. The second kappa shape index (κ2) is 26.1. The SMILES string of the molecule is Cc1ncsc1-c1ccc(C(C)NC(=O)[C@@H]2C[C@@H](O)CN2C(=O)C(NC(=O)CCCCCCN2CCC[C@H]2COc2nc(N3C4CCC3CN(C(=O)O)C4)c3cc(Cl)c(-c4ccc(F)c5sc(NC(=O)OC(C)(C)C)nc45)c(F)c3n2)C(C)(C)C)cc1. The molecule has 2 bridgehead atoms. The maximum Gasteiger partial charge on any atom is 0.413 e. The number of nitrogens with zero attached hydrogens (tertiary/aromatic N) is 8. The largest absolute Gasteiger partial charge is 0.465 e. The number of likely N-dealkylation sites (tertiary alicyclic amines) is 3. The number of rotatable bonds is 19. The fourth-order valence-corrected chi connectivity index (χ4v) is 14.4. The predicted octanol–water partition coefficient (Wildman–Crippen LogP) is 11.1. The number of amides is 5. The van der Waals surface area contributed by atoms with Crippen LogP contribution in [0.25, 0.3) is 42.7 Å². The first-order chi connectivity index (χ1) is 41.3. The maximum atomic E-state index is 17.6. The molecule has 87 heavy (non-hydrogen) atoms. The Morgan fingerprint density at radius 3 is 2.30 bits per heavy atom. The van der Waals surface area contributed by atoms with Crippen LogP contribution < -0.4 is 25.6 Å². The van der Waals surface area contributed by atoms with Gasteiger partial charge in [-0.15, -0.1) is 11.3 Å². The Labute approximate surface area is 517 Å². The number of aryl methyl sites for hydroxylation is 1. The van der Waals surface area contributed by atoms with Gasteiger partial charge in [-0.1, -0.05) is 80.8 Å². The molecule has 3 aromatic heterocycles. The highest BCUT2D eigenvalue weighted by molar-refractivity contribution is 7.22. The Hall–Kier alpha value is -6.86. The lowest BCUT2D eigenvalue weighted by Gasteiger charge is -2.41. The summed E-state index contributed by atoms with van der Waals surface area (Å²) in [5, 5.41) is 29.6. The van der Waals surface area contributed by atoms with Crippen LogP contribution >= 0.6 is 34.3 Å². The molecule has 5 N–H and O–H groups in total. The molecule has 6 aromatic rings. The summed E-state index contributed by atoms with van der Waals surface area (Å²) in [6.07, 6.45) is 3.79. The molecular weight excluding hydrogens is 1180 g/mol. The van der Waals surface area contributed by atoms with Gasteiger partial charge >= 0.3 is 18.2 Å². The third kappa shape index (κ3) is 14.2. The fourth-order valence-electron chi connectivity index (χ4n) is 12.4. The van der Waals surface area contributed by atoms with Crippen molar-refractivity contribution < 1.29 is 52.4 Å². The second-order valence-corrected chi connectivity index (χ2v) is 27.6. The van der Waals surface area contributed by atoms with E-state index in [4.69, 9.17) is 26.1 Å². The van der Waals surface area contributed by atoms with Crippen molar-refractivity contribution in [3.05, 3.63) is 75.9 Å². The summed E-state index contributed by atoms with van der Waals surface area (Å²) in [5.74, 6) is -2.15. The quantitative estimate of drug-likeness (QED) is 0.0474. The van der Waals surface area contributed by atoms with Crippen LogP contribution in [0.1, 0.15) is 130 Å². The molecule has 0 radical (unpaired) electrons. The van der Waals surface area contributed by atoms with E-state index in [0.29, 0.717) is 30.5 Å². The van der Waals surface area contributed by atoms with Crippen molar-refractivity contribution in [2.75, 3.05) is 49.5 Å². The molecule has 4 aliphatic heterocycles. The van der Waals surface area contributed by atoms with Crippen molar-refractivity contribution in [2.45, 2.75) is 168 Å². The average molecular weight is 1260 g/mol. The molecule has 0 saturated carbocycles. The Bertz CT molecular complexity index is 3550. The lowest BCUT2D eigenvalue weighted by molar-refractivity contribution is -0.144. The Kier molecular flexibility index (Phi) is 18.9. The fraction of sp³-hybridized carbons (Fsp3) is 0.532. The number of hydrogen-bond donors (Lipinski definition) is 5. The highest BCUT2D eigenvalue weighted by atomic mass is 35.5. The van der Waals surface area contributed by atoms with Gasteiger partial charge in [0, 0.05) is 67.1 Å². The zero-order valence-corrected chi connectivity index (χ0v) is 52.6. The summed E-state index contributed by atoms with van der Waals surface area (Å²) in [4.78, 5) is 93.2. The second-order valence-electron chi connectivity index (χ2n) is 25.4. The van der Waals surface area contributed by atoms with E-state index in [9.17, 15) is 34.2 Å². The van der Waals surface area contributed by atoms with Gasteiger partial charge in [-0.05, 0) is 121 Å². The highest BCUT2D eigenvalue weighted by Gasteiger charge is 2.46. The molecule has 3 aromatic carbocycles. The average Bonchev–Trinajstić information content (AvgIpc) is 1.75. The van der Waals surface area contributed by atoms with Gasteiger partial charge in [0.2, 0.25) is 17.7 Å². The zero-order valence-electron chi connectivity index (χ0n) is 50.3. The molecule has 4 saturated heterocycles. The number of thiazole rings is 2. The van der Waals surface area contributed by atoms with Gasteiger partial charge in [0.25, 0.3) is 0 Å². The van der Waals surface area contributed by atoms with E-state index in [1.807, 2.05) is 69.3 Å². The molecule has 10 rings (SSSR count). The third-order valence-electron chi connectivity index (χ3n) is 16.8. The van der Waals surface area contributed by atoms with Crippen LogP contribution in [0.15, 0.2) is 48.0 Å². The summed E-state index contributed by atoms with van der Waals surface area (Å²) in [7, 11) is 0. The van der Waals surface area contributed by atoms with Crippen molar-refractivity contribution in [1.82, 2.24) is 45.3 Å². The molecule has 0 spiro atoms. The number of fused-ring (bicyclic) bond motifs is 4. The van der Waals surface area contributed by atoms with Crippen LogP contribution in [0, 0.1) is 24.0 Å². The molecule has 25 heteroatoms. The van der Waals surface area contributed by atoms with E-state index in [2.05, 4.69) is 35.8 Å². The summed E-state index contributed by atoms with van der Waals surface area (Å²) >= 11 is 9.45. The van der Waals surface area contributed by atoms with Crippen molar-refractivity contribution in [1.29, 1.82) is 0 Å². The molecule has 4 aliphatic rings. The zero-order chi connectivity index (χ0) is 62.2. The van der Waals surface area contributed by atoms with Crippen molar-refractivity contribution in [2.24, 2.45) is 5.41 Å². The van der Waals surface area contributed by atoms with E-state index in [-0.39, 0.29) is 118 Å². The van der Waals surface area contributed by atoms with Crippen LogP contribution in [-0.2, 0) is 19.1 Å². The van der Waals surface area contributed by atoms with Crippen LogP contribution in [0.4, 0.5) is 29.3 Å². The number of β-amino-alcohol motifs (C(OH)–C–C–N with tert-alkyl or cyclic N) is 1. The normalized spacial score (nSPS) is 20.5. The smallest absolute Gasteiger partial charge is 0.413 e. The topological polar surface area (TPSA) is 245 Å². The summed E-state index contributed by atoms with van der Waals surface area (Å²) in [6, 6.07) is 9.26. The number of carboxylic acid groups (broad SMARTS) is 1. The number of piperazine rings is 1. The number of aliphatic hydroxyl groups is 1. The summed E-state index contributed by atoms with van der Waals surface area (Å²) < 4.78 is 44.9. The Morgan fingerprint density at radius 1 is 0.897 bits per heavy atom. The summed E-state index contributed by atoms with van der Waals surface area (Å²) in [6.45, 7) is 16.8. The number of ether oxygens (including phenoxy) is 2. The van der Waals surface area contributed by atoms with Crippen LogP contribution in [0.3, 0.4) is 0 Å². The molecular formula is C62H76ClF2N11O9S2. The number of aliphatic hydroxyl groups excluding tert-OH is 1. The number of benzene rings is 3. The van der Waals surface area contributed by atoms with Crippen LogP contribution in [0.2, 0.25) is 5.02 Å². The standard InChI is InChI=1S/C62H76ClF2N11O9S2/c1-33(35-16-18-36(19-17-35)51-34(2)66-32-86-51)67-55(79)45-26-40(77)30-75(45)56(80)53(61(3,4)5)68-46(78)15-11-9-10-12-24-73-25-13-14-39(73)31-84-57-69-49-42(54(71-57)76-37-20-21-38(76)29-74(28-37)60(82)83)27-43(63)47(48(49)65)41-22-23-44(64)52-50(41)70-58(87-52)72-59(81)85-62(6,7)8/h16-19,22-23,27,32-33,37-40,45,53,77H,9-15,20-21,24-26,28-31H2,1-8H3,(H,67,79)(H,68,78)(H,82,83)(H,70,72,81)/t33?,37?,38?,39-,40+,45-,53?/m0/s1. The molecule has 466 valence electrons. The van der Waals surface area contributed by atoms with Gasteiger partial charge in [0.1, 0.15) is 41.4 Å². The van der Waals surface area contributed by atoms with Gasteiger partial charge < -0.3 is 45.0 Å². The first-order valence-electron chi connectivity index (χ1n) is 29.8.